The summed E-state index contributed by atoms with van der Waals surface area (Å²) >= 11 is 0. The summed E-state index contributed by atoms with van der Waals surface area (Å²) in [4.78, 5) is 12.4. The van der Waals surface area contributed by atoms with Crippen LogP contribution >= 0.6 is 0 Å². The highest BCUT2D eigenvalue weighted by atomic mass is 19.1. The summed E-state index contributed by atoms with van der Waals surface area (Å²) in [7, 11) is 0. The van der Waals surface area contributed by atoms with E-state index in [4.69, 9.17) is 0 Å². The molecule has 1 amide bonds. The van der Waals surface area contributed by atoms with E-state index < -0.39 is 12.0 Å². The number of hydrogen-bond acceptors (Lipinski definition) is 4. The average molecular weight is 340 g/mol. The van der Waals surface area contributed by atoms with Gasteiger partial charge in [0.2, 0.25) is 0 Å². The third-order valence-electron chi connectivity index (χ3n) is 3.83. The maximum Gasteiger partial charge on any atom is 0.278 e. The molecular weight excluding hydrogens is 323 g/mol. The molecule has 7 heteroatoms. The van der Waals surface area contributed by atoms with Crippen molar-refractivity contribution in [3.63, 3.8) is 0 Å². The van der Waals surface area contributed by atoms with Crippen molar-refractivity contribution in [2.24, 2.45) is 0 Å². The van der Waals surface area contributed by atoms with Crippen LogP contribution in [0.25, 0.3) is 5.69 Å². The van der Waals surface area contributed by atoms with Crippen LogP contribution in [0, 0.1) is 12.7 Å². The Hall–Kier alpha value is -3.06. The van der Waals surface area contributed by atoms with E-state index in [1.54, 1.807) is 50.2 Å². The molecule has 0 spiro atoms. The molecule has 0 aliphatic carbocycles. The molecule has 2 aromatic carbocycles. The Bertz CT molecular complexity index is 886. The molecular formula is C18H17FN4O2. The van der Waals surface area contributed by atoms with Gasteiger partial charge in [-0.3, -0.25) is 4.79 Å². The number of anilines is 1. The van der Waals surface area contributed by atoms with Crippen LogP contribution in [0.4, 0.5) is 10.1 Å². The largest absolute Gasteiger partial charge is 0.389 e. The van der Waals surface area contributed by atoms with Gasteiger partial charge in [0.05, 0.1) is 17.5 Å². The van der Waals surface area contributed by atoms with E-state index in [9.17, 15) is 14.3 Å². The fourth-order valence-corrected chi connectivity index (χ4v) is 2.40. The van der Waals surface area contributed by atoms with Gasteiger partial charge in [0.1, 0.15) is 5.82 Å². The summed E-state index contributed by atoms with van der Waals surface area (Å²) in [5.41, 5.74) is 2.70. The predicted molar refractivity (Wildman–Crippen MR) is 91.1 cm³/mol. The van der Waals surface area contributed by atoms with Crippen LogP contribution in [-0.4, -0.2) is 26.0 Å². The van der Waals surface area contributed by atoms with Gasteiger partial charge >= 0.3 is 0 Å². The van der Waals surface area contributed by atoms with Crippen molar-refractivity contribution in [2.45, 2.75) is 20.0 Å². The van der Waals surface area contributed by atoms with E-state index in [0.717, 1.165) is 5.56 Å². The number of rotatable bonds is 4. The van der Waals surface area contributed by atoms with Crippen molar-refractivity contribution >= 4 is 11.6 Å². The van der Waals surface area contributed by atoms with Crippen LogP contribution in [0.5, 0.6) is 0 Å². The second-order valence-electron chi connectivity index (χ2n) is 5.66. The maximum absolute atomic E-state index is 13.0. The molecule has 128 valence electrons. The highest BCUT2D eigenvalue weighted by molar-refractivity contribution is 6.03. The molecule has 0 fully saturated rings. The van der Waals surface area contributed by atoms with Gasteiger partial charge in [-0.15, -0.1) is 5.10 Å². The average Bonchev–Trinajstić information content (AvgIpc) is 2.98. The molecule has 2 N–H and O–H groups in total. The number of nitrogens with zero attached hydrogens (tertiary/aromatic N) is 3. The number of carbonyl (C=O) groups excluding carboxylic acids is 1. The number of carbonyl (C=O) groups is 1. The van der Waals surface area contributed by atoms with Gasteiger partial charge in [-0.05, 0) is 55.8 Å². The number of amides is 1. The summed E-state index contributed by atoms with van der Waals surface area (Å²) in [6.07, 6.45) is -0.567. The molecule has 0 saturated carbocycles. The van der Waals surface area contributed by atoms with Crippen molar-refractivity contribution < 1.29 is 14.3 Å². The molecule has 0 unspecified atom stereocenters. The zero-order chi connectivity index (χ0) is 18.0. The zero-order valence-corrected chi connectivity index (χ0v) is 13.8. The highest BCUT2D eigenvalue weighted by Crippen LogP contribution is 2.17. The fraction of sp³-hybridized carbons (Fsp3) is 0.167. The van der Waals surface area contributed by atoms with Crippen LogP contribution in [0.15, 0.2) is 48.5 Å². The lowest BCUT2D eigenvalue weighted by Crippen LogP contribution is -2.14. The molecule has 3 rings (SSSR count). The van der Waals surface area contributed by atoms with Crippen molar-refractivity contribution in [2.75, 3.05) is 5.32 Å². The van der Waals surface area contributed by atoms with E-state index in [-0.39, 0.29) is 11.5 Å². The topological polar surface area (TPSA) is 80.0 Å². The van der Waals surface area contributed by atoms with Crippen molar-refractivity contribution in [1.29, 1.82) is 0 Å². The monoisotopic (exact) mass is 340 g/mol. The molecule has 1 atom stereocenters. The Labute approximate surface area is 143 Å². The van der Waals surface area contributed by atoms with Gasteiger partial charge in [-0.2, -0.15) is 0 Å². The molecule has 0 bridgehead atoms. The molecule has 0 aliphatic rings. The molecule has 1 heterocycles. The van der Waals surface area contributed by atoms with Crippen LogP contribution < -0.4 is 5.32 Å². The minimum absolute atomic E-state index is 0.184. The highest BCUT2D eigenvalue weighted by Gasteiger charge is 2.17. The lowest BCUT2D eigenvalue weighted by molar-refractivity contribution is 0.102. The van der Waals surface area contributed by atoms with Crippen molar-refractivity contribution in [1.82, 2.24) is 15.0 Å². The van der Waals surface area contributed by atoms with Crippen LogP contribution in [0.2, 0.25) is 0 Å². The number of aliphatic hydroxyl groups is 1. The predicted octanol–water partition coefficient (Wildman–Crippen LogP) is 3.02. The van der Waals surface area contributed by atoms with E-state index in [0.29, 0.717) is 17.1 Å². The number of aromatic nitrogens is 3. The Kier molecular flexibility index (Phi) is 4.58. The first-order valence-electron chi connectivity index (χ1n) is 7.73. The normalized spacial score (nSPS) is 12.0. The summed E-state index contributed by atoms with van der Waals surface area (Å²) in [6.45, 7) is 3.39. The van der Waals surface area contributed by atoms with Crippen LogP contribution in [0.1, 0.15) is 34.8 Å². The first-order chi connectivity index (χ1) is 12.0. The molecule has 3 aromatic rings. The minimum atomic E-state index is -0.567. The molecule has 0 radical (unpaired) electrons. The fourth-order valence-electron chi connectivity index (χ4n) is 2.40. The standard InChI is InChI=1S/C18H17FN4O2/c1-11-17(21-22-23(11)16-9-5-14(19)6-10-16)18(25)20-15-7-3-13(4-8-15)12(2)24/h3-10,12,24H,1-2H3,(H,20,25)/t12-/m1/s1. The number of nitrogens with one attached hydrogen (secondary N) is 1. The minimum Gasteiger partial charge on any atom is -0.389 e. The van der Waals surface area contributed by atoms with Gasteiger partial charge in [-0.1, -0.05) is 17.3 Å². The van der Waals surface area contributed by atoms with Crippen LogP contribution in [0.3, 0.4) is 0 Å². The molecule has 25 heavy (non-hydrogen) atoms. The number of halogens is 1. The lowest BCUT2D eigenvalue weighted by Gasteiger charge is -2.07. The number of hydrogen-bond donors (Lipinski definition) is 2. The number of aliphatic hydroxyl groups excluding tert-OH is 1. The quantitative estimate of drug-likeness (QED) is 0.765. The smallest absolute Gasteiger partial charge is 0.278 e. The first-order valence-corrected chi connectivity index (χ1v) is 7.73. The van der Waals surface area contributed by atoms with E-state index in [1.165, 1.54) is 16.8 Å². The molecule has 0 aliphatic heterocycles. The number of benzene rings is 2. The molecule has 0 saturated heterocycles. The Balaban J connectivity index is 1.80. The Morgan fingerprint density at radius 2 is 1.80 bits per heavy atom. The molecule has 6 nitrogen and oxygen atoms in total. The third kappa shape index (κ3) is 3.56. The Morgan fingerprint density at radius 3 is 2.40 bits per heavy atom. The first kappa shape index (κ1) is 16.8. The van der Waals surface area contributed by atoms with Gasteiger partial charge in [0.25, 0.3) is 5.91 Å². The summed E-state index contributed by atoms with van der Waals surface area (Å²) in [5.74, 6) is -0.740. The zero-order valence-electron chi connectivity index (χ0n) is 13.8. The summed E-state index contributed by atoms with van der Waals surface area (Å²) in [6, 6.07) is 12.7. The van der Waals surface area contributed by atoms with Crippen LogP contribution in [-0.2, 0) is 0 Å². The van der Waals surface area contributed by atoms with Gasteiger partial charge in [0, 0.05) is 5.69 Å². The van der Waals surface area contributed by atoms with Gasteiger partial charge in [0.15, 0.2) is 5.69 Å². The summed E-state index contributed by atoms with van der Waals surface area (Å²) in [5, 5.41) is 20.1. The van der Waals surface area contributed by atoms with Crippen molar-refractivity contribution in [3.8, 4) is 5.69 Å². The van der Waals surface area contributed by atoms with E-state index in [2.05, 4.69) is 15.6 Å². The van der Waals surface area contributed by atoms with Crippen molar-refractivity contribution in [3.05, 3.63) is 71.3 Å². The van der Waals surface area contributed by atoms with Gasteiger partial charge < -0.3 is 10.4 Å². The lowest BCUT2D eigenvalue weighted by atomic mass is 10.1. The molecule has 1 aromatic heterocycles. The summed E-state index contributed by atoms with van der Waals surface area (Å²) < 4.78 is 14.5. The van der Waals surface area contributed by atoms with E-state index >= 15 is 0 Å². The van der Waals surface area contributed by atoms with E-state index in [1.807, 2.05) is 0 Å². The second kappa shape index (κ2) is 6.82. The second-order valence-corrected chi connectivity index (χ2v) is 5.66. The van der Waals surface area contributed by atoms with Gasteiger partial charge in [-0.25, -0.2) is 9.07 Å². The Morgan fingerprint density at radius 1 is 1.16 bits per heavy atom. The third-order valence-corrected chi connectivity index (χ3v) is 3.83. The SMILES string of the molecule is Cc1c(C(=O)Nc2ccc([C@@H](C)O)cc2)nnn1-c1ccc(F)cc1. The maximum atomic E-state index is 13.0.